The Morgan fingerprint density at radius 1 is 1.58 bits per heavy atom. The van der Waals surface area contributed by atoms with Gasteiger partial charge in [0, 0.05) is 10.6 Å². The molecule has 0 radical (unpaired) electrons. The lowest BCUT2D eigenvalue weighted by molar-refractivity contribution is -0.141. The minimum atomic E-state index is -0.368. The average molecular weight is 299 g/mol. The number of carbonyl (C=O) groups is 1. The van der Waals surface area contributed by atoms with Crippen LogP contribution in [0.15, 0.2) is 10.7 Å². The molecule has 0 unspecified atom stereocenters. The standard InChI is InChI=1S/C10H13N5O2S2/c1-7-8(19-6-11-7)3-4-18-10-12-13-14-15(10)5-9(16)17-2/h6H,3-5H2,1-2H3. The van der Waals surface area contributed by atoms with Gasteiger partial charge in [-0.15, -0.1) is 16.4 Å². The summed E-state index contributed by atoms with van der Waals surface area (Å²) in [6, 6.07) is 0. The minimum Gasteiger partial charge on any atom is -0.468 e. The van der Waals surface area contributed by atoms with Crippen molar-refractivity contribution in [1.29, 1.82) is 0 Å². The summed E-state index contributed by atoms with van der Waals surface area (Å²) in [6.45, 7) is 2.03. The summed E-state index contributed by atoms with van der Waals surface area (Å²) in [5.74, 6) is 0.470. The van der Waals surface area contributed by atoms with Gasteiger partial charge in [-0.2, -0.15) is 0 Å². The molecule has 102 valence electrons. The fraction of sp³-hybridized carbons (Fsp3) is 0.500. The van der Waals surface area contributed by atoms with Crippen molar-refractivity contribution in [3.63, 3.8) is 0 Å². The molecule has 0 spiro atoms. The third-order valence-electron chi connectivity index (χ3n) is 2.41. The first kappa shape index (κ1) is 13.9. The van der Waals surface area contributed by atoms with Crippen LogP contribution in [0.1, 0.15) is 10.6 Å². The number of aryl methyl sites for hydroxylation is 2. The van der Waals surface area contributed by atoms with E-state index in [4.69, 9.17) is 0 Å². The van der Waals surface area contributed by atoms with Gasteiger partial charge in [-0.3, -0.25) is 4.79 Å². The predicted molar refractivity (Wildman–Crippen MR) is 71.1 cm³/mol. The van der Waals surface area contributed by atoms with Gasteiger partial charge in [-0.1, -0.05) is 11.8 Å². The Labute approximate surface area is 118 Å². The third-order valence-corrected chi connectivity index (χ3v) is 4.36. The lowest BCUT2D eigenvalue weighted by atomic mass is 10.3. The number of nitrogens with zero attached hydrogens (tertiary/aromatic N) is 5. The fourth-order valence-electron chi connectivity index (χ4n) is 1.39. The predicted octanol–water partition coefficient (Wildman–Crippen LogP) is 0.946. The number of ether oxygens (including phenoxy) is 1. The summed E-state index contributed by atoms with van der Waals surface area (Å²) in [5, 5.41) is 11.8. The third kappa shape index (κ3) is 3.74. The number of esters is 1. The molecular weight excluding hydrogens is 286 g/mol. The number of hydrogen-bond acceptors (Lipinski definition) is 8. The van der Waals surface area contributed by atoms with Crippen LogP contribution in [-0.2, 0) is 22.5 Å². The van der Waals surface area contributed by atoms with Crippen LogP contribution in [0.25, 0.3) is 0 Å². The van der Waals surface area contributed by atoms with Crippen molar-refractivity contribution in [2.75, 3.05) is 12.9 Å². The zero-order chi connectivity index (χ0) is 13.7. The van der Waals surface area contributed by atoms with Gasteiger partial charge in [0.25, 0.3) is 0 Å². The molecule has 0 amide bonds. The molecule has 0 N–H and O–H groups in total. The highest BCUT2D eigenvalue weighted by Gasteiger charge is 2.11. The first-order valence-electron chi connectivity index (χ1n) is 5.55. The molecule has 0 aliphatic carbocycles. The Hall–Kier alpha value is -1.48. The number of rotatable bonds is 6. The Balaban J connectivity index is 1.88. The van der Waals surface area contributed by atoms with Crippen molar-refractivity contribution in [2.45, 2.75) is 25.0 Å². The van der Waals surface area contributed by atoms with E-state index >= 15 is 0 Å². The second kappa shape index (κ2) is 6.62. The summed E-state index contributed by atoms with van der Waals surface area (Å²) < 4.78 is 6.03. The van der Waals surface area contributed by atoms with Crippen molar-refractivity contribution >= 4 is 29.1 Å². The molecule has 0 aliphatic rings. The maximum atomic E-state index is 11.2. The van der Waals surface area contributed by atoms with Gasteiger partial charge in [0.15, 0.2) is 0 Å². The molecule has 0 aliphatic heterocycles. The molecule has 0 saturated carbocycles. The monoisotopic (exact) mass is 299 g/mol. The average Bonchev–Trinajstić information content (AvgIpc) is 3.00. The van der Waals surface area contributed by atoms with Crippen molar-refractivity contribution in [3.05, 3.63) is 16.1 Å². The van der Waals surface area contributed by atoms with Crippen LogP contribution in [0.5, 0.6) is 0 Å². The van der Waals surface area contributed by atoms with Crippen LogP contribution < -0.4 is 0 Å². The Morgan fingerprint density at radius 3 is 3.11 bits per heavy atom. The van der Waals surface area contributed by atoms with Gasteiger partial charge in [0.2, 0.25) is 5.16 Å². The molecule has 0 aromatic carbocycles. The van der Waals surface area contributed by atoms with Crippen LogP contribution in [0.3, 0.4) is 0 Å². The zero-order valence-corrected chi connectivity index (χ0v) is 12.2. The lowest BCUT2D eigenvalue weighted by Gasteiger charge is -2.02. The molecule has 19 heavy (non-hydrogen) atoms. The molecule has 9 heteroatoms. The Morgan fingerprint density at radius 2 is 2.42 bits per heavy atom. The zero-order valence-electron chi connectivity index (χ0n) is 10.6. The molecule has 0 bridgehead atoms. The lowest BCUT2D eigenvalue weighted by Crippen LogP contribution is -2.13. The molecule has 0 atom stereocenters. The summed E-state index contributed by atoms with van der Waals surface area (Å²) >= 11 is 3.16. The Bertz CT molecular complexity index is 554. The van der Waals surface area contributed by atoms with Gasteiger partial charge in [0.05, 0.1) is 18.3 Å². The molecule has 2 aromatic rings. The number of hydrogen-bond donors (Lipinski definition) is 0. The second-order valence-electron chi connectivity index (χ2n) is 3.65. The van der Waals surface area contributed by atoms with Gasteiger partial charge < -0.3 is 4.74 Å². The van der Waals surface area contributed by atoms with Crippen molar-refractivity contribution < 1.29 is 9.53 Å². The van der Waals surface area contributed by atoms with E-state index in [0.717, 1.165) is 17.9 Å². The number of tetrazole rings is 1. The maximum Gasteiger partial charge on any atom is 0.327 e. The molecule has 2 rings (SSSR count). The van der Waals surface area contributed by atoms with Crippen LogP contribution in [0.2, 0.25) is 0 Å². The van der Waals surface area contributed by atoms with Crippen LogP contribution in [0.4, 0.5) is 0 Å². The van der Waals surface area contributed by atoms with Gasteiger partial charge >= 0.3 is 5.97 Å². The number of thioether (sulfide) groups is 1. The van der Waals surface area contributed by atoms with E-state index in [1.807, 2.05) is 12.4 Å². The van der Waals surface area contributed by atoms with E-state index in [2.05, 4.69) is 25.2 Å². The topological polar surface area (TPSA) is 82.8 Å². The van der Waals surface area contributed by atoms with Crippen molar-refractivity contribution in [1.82, 2.24) is 25.2 Å². The Kier molecular flexibility index (Phi) is 4.86. The summed E-state index contributed by atoms with van der Waals surface area (Å²) in [6.07, 6.45) is 0.909. The minimum absolute atomic E-state index is 0.0332. The van der Waals surface area contributed by atoms with Gasteiger partial charge in [-0.05, 0) is 23.8 Å². The molecular formula is C10H13N5O2S2. The van der Waals surface area contributed by atoms with Gasteiger partial charge in [-0.25, -0.2) is 9.67 Å². The van der Waals surface area contributed by atoms with E-state index in [9.17, 15) is 4.79 Å². The smallest absolute Gasteiger partial charge is 0.327 e. The van der Waals surface area contributed by atoms with E-state index in [-0.39, 0.29) is 12.5 Å². The van der Waals surface area contributed by atoms with Gasteiger partial charge in [0.1, 0.15) is 6.54 Å². The highest BCUT2D eigenvalue weighted by atomic mass is 32.2. The highest BCUT2D eigenvalue weighted by Crippen LogP contribution is 2.19. The SMILES string of the molecule is COC(=O)Cn1nnnc1SCCc1scnc1C. The molecule has 2 heterocycles. The molecule has 2 aromatic heterocycles. The number of aromatic nitrogens is 5. The largest absolute Gasteiger partial charge is 0.468 e. The van der Waals surface area contributed by atoms with Crippen molar-refractivity contribution in [2.24, 2.45) is 0 Å². The summed E-state index contributed by atoms with van der Waals surface area (Å²) in [4.78, 5) is 16.6. The first-order valence-corrected chi connectivity index (χ1v) is 7.42. The van der Waals surface area contributed by atoms with Crippen LogP contribution in [-0.4, -0.2) is 44.0 Å². The molecule has 0 saturated heterocycles. The summed E-state index contributed by atoms with van der Waals surface area (Å²) in [7, 11) is 1.34. The molecule has 7 nitrogen and oxygen atoms in total. The highest BCUT2D eigenvalue weighted by molar-refractivity contribution is 7.99. The molecule has 0 fully saturated rings. The second-order valence-corrected chi connectivity index (χ2v) is 5.66. The first-order chi connectivity index (χ1) is 9.20. The van der Waals surface area contributed by atoms with Crippen LogP contribution >= 0.6 is 23.1 Å². The number of thiazole rings is 1. The quantitative estimate of drug-likeness (QED) is 0.580. The maximum absolute atomic E-state index is 11.2. The number of carbonyl (C=O) groups excluding carboxylic acids is 1. The number of methoxy groups -OCH3 is 1. The normalized spacial score (nSPS) is 10.6. The van der Waals surface area contributed by atoms with E-state index in [1.165, 1.54) is 28.4 Å². The van der Waals surface area contributed by atoms with E-state index in [1.54, 1.807) is 11.3 Å². The fourth-order valence-corrected chi connectivity index (χ4v) is 3.13. The van der Waals surface area contributed by atoms with Crippen molar-refractivity contribution in [3.8, 4) is 0 Å². The van der Waals surface area contributed by atoms with E-state index in [0.29, 0.717) is 5.16 Å². The summed E-state index contributed by atoms with van der Waals surface area (Å²) in [5.41, 5.74) is 2.91. The van der Waals surface area contributed by atoms with Crippen LogP contribution in [0, 0.1) is 6.92 Å². The van der Waals surface area contributed by atoms with E-state index < -0.39 is 0 Å².